The highest BCUT2D eigenvalue weighted by molar-refractivity contribution is 5.88. The molecule has 0 amide bonds. The Morgan fingerprint density at radius 3 is 2.62 bits per heavy atom. The average molecular weight is 318 g/mol. The summed E-state index contributed by atoms with van der Waals surface area (Å²) in [6.45, 7) is 6.85. The van der Waals surface area contributed by atoms with Crippen LogP contribution in [0.25, 0.3) is 28.5 Å². The highest BCUT2D eigenvalue weighted by Gasteiger charge is 2.19. The number of rotatable bonds is 3. The van der Waals surface area contributed by atoms with E-state index in [1.165, 1.54) is 0 Å². The van der Waals surface area contributed by atoms with Crippen molar-refractivity contribution in [2.24, 2.45) is 0 Å². The minimum absolute atomic E-state index is 0.705. The molecular weight excluding hydrogens is 300 g/mol. The Kier molecular flexibility index (Phi) is 3.92. The molecule has 24 heavy (non-hydrogen) atoms. The van der Waals surface area contributed by atoms with Crippen molar-refractivity contribution in [2.75, 3.05) is 31.2 Å². The molecule has 3 aromatic rings. The number of nitrogens with zero attached hydrogens (tertiary/aromatic N) is 4. The fourth-order valence-electron chi connectivity index (χ4n) is 2.84. The van der Waals surface area contributed by atoms with Crippen LogP contribution in [0.15, 0.2) is 49.2 Å². The molecule has 0 spiro atoms. The van der Waals surface area contributed by atoms with Gasteiger partial charge in [0.25, 0.3) is 0 Å². The van der Waals surface area contributed by atoms with Crippen LogP contribution < -0.4 is 4.90 Å². The van der Waals surface area contributed by atoms with Crippen molar-refractivity contribution in [3.63, 3.8) is 0 Å². The number of morpholine rings is 1. The Balaban J connectivity index is 1.92. The maximum atomic E-state index is 5.47. The number of benzene rings is 1. The van der Waals surface area contributed by atoms with Gasteiger partial charge in [-0.1, -0.05) is 43.0 Å². The van der Waals surface area contributed by atoms with E-state index in [1.54, 1.807) is 6.08 Å². The first-order chi connectivity index (χ1) is 11.8. The summed E-state index contributed by atoms with van der Waals surface area (Å²) < 4.78 is 5.47. The van der Waals surface area contributed by atoms with E-state index >= 15 is 0 Å². The van der Waals surface area contributed by atoms with Crippen LogP contribution in [-0.4, -0.2) is 41.3 Å². The molecule has 0 atom stereocenters. The standard InChI is InChI=1S/C19H18N4O/c1-2-14-12-16-17(20-13-14)19(23-8-10-24-11-9-23)22-18(21-16)15-6-4-3-5-7-15/h2-7,12-13H,1,8-11H2. The van der Waals surface area contributed by atoms with Crippen LogP contribution in [0.4, 0.5) is 5.82 Å². The molecule has 0 saturated carbocycles. The van der Waals surface area contributed by atoms with Crippen LogP contribution >= 0.6 is 0 Å². The number of aromatic nitrogens is 3. The van der Waals surface area contributed by atoms with Crippen LogP contribution in [0.1, 0.15) is 5.56 Å². The van der Waals surface area contributed by atoms with E-state index in [0.29, 0.717) is 19.0 Å². The Morgan fingerprint density at radius 1 is 1.08 bits per heavy atom. The van der Waals surface area contributed by atoms with E-state index in [9.17, 15) is 0 Å². The Bertz CT molecular complexity index is 873. The quantitative estimate of drug-likeness (QED) is 0.742. The van der Waals surface area contributed by atoms with Crippen molar-refractivity contribution in [1.82, 2.24) is 15.0 Å². The fourth-order valence-corrected chi connectivity index (χ4v) is 2.84. The van der Waals surface area contributed by atoms with E-state index in [1.807, 2.05) is 42.6 Å². The summed E-state index contributed by atoms with van der Waals surface area (Å²) in [7, 11) is 0. The van der Waals surface area contributed by atoms with Crippen molar-refractivity contribution in [2.45, 2.75) is 0 Å². The van der Waals surface area contributed by atoms with Crippen LogP contribution in [0.5, 0.6) is 0 Å². The molecule has 120 valence electrons. The molecular formula is C19H18N4O. The van der Waals surface area contributed by atoms with Crippen LogP contribution in [0.3, 0.4) is 0 Å². The molecule has 5 heteroatoms. The van der Waals surface area contributed by atoms with Gasteiger partial charge in [-0.05, 0) is 11.6 Å². The van der Waals surface area contributed by atoms with Crippen LogP contribution in [0.2, 0.25) is 0 Å². The lowest BCUT2D eigenvalue weighted by atomic mass is 10.2. The first-order valence-corrected chi connectivity index (χ1v) is 8.03. The smallest absolute Gasteiger partial charge is 0.162 e. The van der Waals surface area contributed by atoms with Crippen LogP contribution in [-0.2, 0) is 4.74 Å². The summed E-state index contributed by atoms with van der Waals surface area (Å²) >= 11 is 0. The molecule has 0 N–H and O–H groups in total. The molecule has 4 rings (SSSR count). The lowest BCUT2D eigenvalue weighted by Crippen LogP contribution is -2.37. The largest absolute Gasteiger partial charge is 0.378 e. The summed E-state index contributed by atoms with van der Waals surface area (Å²) in [5, 5.41) is 0. The summed E-state index contributed by atoms with van der Waals surface area (Å²) in [5.41, 5.74) is 3.61. The monoisotopic (exact) mass is 318 g/mol. The Morgan fingerprint density at radius 2 is 1.88 bits per heavy atom. The highest BCUT2D eigenvalue weighted by Crippen LogP contribution is 2.27. The molecule has 0 bridgehead atoms. The molecule has 1 aliphatic rings. The third kappa shape index (κ3) is 2.74. The fraction of sp³-hybridized carbons (Fsp3) is 0.211. The molecule has 0 unspecified atom stereocenters. The van der Waals surface area contributed by atoms with Gasteiger partial charge in [-0.2, -0.15) is 0 Å². The van der Waals surface area contributed by atoms with E-state index in [-0.39, 0.29) is 0 Å². The van der Waals surface area contributed by atoms with E-state index in [2.05, 4.69) is 16.5 Å². The maximum absolute atomic E-state index is 5.47. The van der Waals surface area contributed by atoms with Crippen molar-refractivity contribution >= 4 is 22.9 Å². The summed E-state index contributed by atoms with van der Waals surface area (Å²) in [6, 6.07) is 12.0. The first kappa shape index (κ1) is 14.8. The SMILES string of the molecule is C=Cc1cnc2c(N3CCOCC3)nc(-c3ccccc3)nc2c1. The van der Waals surface area contributed by atoms with Gasteiger partial charge in [0.15, 0.2) is 11.6 Å². The van der Waals surface area contributed by atoms with Crippen molar-refractivity contribution < 1.29 is 4.74 Å². The highest BCUT2D eigenvalue weighted by atomic mass is 16.5. The molecule has 2 aromatic heterocycles. The lowest BCUT2D eigenvalue weighted by Gasteiger charge is -2.28. The Labute approximate surface area is 140 Å². The lowest BCUT2D eigenvalue weighted by molar-refractivity contribution is 0.122. The van der Waals surface area contributed by atoms with Gasteiger partial charge in [-0.15, -0.1) is 0 Å². The first-order valence-electron chi connectivity index (χ1n) is 8.03. The van der Waals surface area contributed by atoms with Crippen LogP contribution in [0, 0.1) is 0 Å². The van der Waals surface area contributed by atoms with Gasteiger partial charge in [0.05, 0.1) is 18.7 Å². The van der Waals surface area contributed by atoms with Gasteiger partial charge in [-0.25, -0.2) is 9.97 Å². The molecule has 3 heterocycles. The van der Waals surface area contributed by atoms with Crippen molar-refractivity contribution in [3.8, 4) is 11.4 Å². The topological polar surface area (TPSA) is 51.1 Å². The predicted octanol–water partition coefficient (Wildman–Crippen LogP) is 3.17. The number of fused-ring (bicyclic) bond motifs is 1. The van der Waals surface area contributed by atoms with Gasteiger partial charge in [0.1, 0.15) is 5.52 Å². The molecule has 5 nitrogen and oxygen atoms in total. The number of pyridine rings is 1. The zero-order chi connectivity index (χ0) is 16.4. The molecule has 0 aliphatic carbocycles. The van der Waals surface area contributed by atoms with Crippen molar-refractivity contribution in [3.05, 3.63) is 54.7 Å². The van der Waals surface area contributed by atoms with E-state index in [0.717, 1.165) is 41.1 Å². The number of hydrogen-bond acceptors (Lipinski definition) is 5. The Hall–Kier alpha value is -2.79. The second-order valence-electron chi connectivity index (χ2n) is 5.68. The van der Waals surface area contributed by atoms with Gasteiger partial charge in [0.2, 0.25) is 0 Å². The zero-order valence-corrected chi connectivity index (χ0v) is 13.4. The summed E-state index contributed by atoms with van der Waals surface area (Å²) in [6.07, 6.45) is 3.59. The van der Waals surface area contributed by atoms with Crippen molar-refractivity contribution in [1.29, 1.82) is 0 Å². The minimum atomic E-state index is 0.705. The van der Waals surface area contributed by atoms with Gasteiger partial charge in [0, 0.05) is 24.8 Å². The van der Waals surface area contributed by atoms with E-state index < -0.39 is 0 Å². The van der Waals surface area contributed by atoms with E-state index in [4.69, 9.17) is 14.7 Å². The second-order valence-corrected chi connectivity index (χ2v) is 5.68. The molecule has 1 fully saturated rings. The van der Waals surface area contributed by atoms with Gasteiger partial charge >= 0.3 is 0 Å². The zero-order valence-electron chi connectivity index (χ0n) is 13.4. The molecule has 0 radical (unpaired) electrons. The van der Waals surface area contributed by atoms with Gasteiger partial charge < -0.3 is 9.64 Å². The minimum Gasteiger partial charge on any atom is -0.378 e. The molecule has 1 saturated heterocycles. The third-order valence-electron chi connectivity index (χ3n) is 4.12. The maximum Gasteiger partial charge on any atom is 0.162 e. The summed E-state index contributed by atoms with van der Waals surface area (Å²) in [5.74, 6) is 1.59. The second kappa shape index (κ2) is 6.37. The number of hydrogen-bond donors (Lipinski definition) is 0. The van der Waals surface area contributed by atoms with Gasteiger partial charge in [-0.3, -0.25) is 4.98 Å². The third-order valence-corrected chi connectivity index (χ3v) is 4.12. The number of ether oxygens (including phenoxy) is 1. The number of anilines is 1. The average Bonchev–Trinajstić information content (AvgIpc) is 2.68. The molecule has 1 aromatic carbocycles. The normalized spacial score (nSPS) is 14.8. The predicted molar refractivity (Wildman–Crippen MR) is 95.9 cm³/mol. The summed E-state index contributed by atoms with van der Waals surface area (Å²) in [4.78, 5) is 16.4. The molecule has 1 aliphatic heterocycles.